The normalized spacial score (nSPS) is 15.9. The molecule has 0 heterocycles. The highest BCUT2D eigenvalue weighted by molar-refractivity contribution is 14.1. The van der Waals surface area contributed by atoms with Gasteiger partial charge in [-0.25, -0.2) is 4.39 Å². The number of nitrogens with one attached hydrogen (secondary N) is 1. The molecule has 15 heavy (non-hydrogen) atoms. The molecule has 1 fully saturated rings. The van der Waals surface area contributed by atoms with Crippen molar-refractivity contribution in [1.29, 1.82) is 0 Å². The number of hydrogen-bond donors (Lipinski definition) is 1. The molecular formula is C11H11FINO. The molecule has 0 aromatic heterocycles. The number of benzene rings is 1. The van der Waals surface area contributed by atoms with E-state index in [2.05, 4.69) is 5.32 Å². The van der Waals surface area contributed by atoms with Gasteiger partial charge in [-0.1, -0.05) is 6.07 Å². The smallest absolute Gasteiger partial charge is 0.255 e. The summed E-state index contributed by atoms with van der Waals surface area (Å²) in [5, 5.41) is 2.83. The second-order valence-electron chi connectivity index (χ2n) is 3.70. The number of hydrogen-bond acceptors (Lipinski definition) is 1. The van der Waals surface area contributed by atoms with Gasteiger partial charge in [-0.2, -0.15) is 0 Å². The van der Waals surface area contributed by atoms with Crippen molar-refractivity contribution in [3.8, 4) is 0 Å². The zero-order chi connectivity index (χ0) is 10.8. The van der Waals surface area contributed by atoms with Gasteiger partial charge in [0, 0.05) is 9.61 Å². The number of carbonyl (C=O) groups excluding carboxylic acids is 1. The van der Waals surface area contributed by atoms with Gasteiger partial charge in [-0.15, -0.1) is 0 Å². The van der Waals surface area contributed by atoms with Crippen molar-refractivity contribution >= 4 is 28.5 Å². The van der Waals surface area contributed by atoms with E-state index in [1.807, 2.05) is 22.6 Å². The fourth-order valence-electron chi connectivity index (χ4n) is 1.52. The Morgan fingerprint density at radius 1 is 1.47 bits per heavy atom. The molecule has 0 unspecified atom stereocenters. The van der Waals surface area contributed by atoms with E-state index in [0.717, 1.165) is 19.3 Å². The number of rotatable bonds is 2. The van der Waals surface area contributed by atoms with Crippen LogP contribution in [-0.2, 0) is 0 Å². The van der Waals surface area contributed by atoms with Crippen LogP contribution in [-0.4, -0.2) is 11.9 Å². The summed E-state index contributed by atoms with van der Waals surface area (Å²) >= 11 is 1.98. The second kappa shape index (κ2) is 4.47. The number of carbonyl (C=O) groups is 1. The lowest BCUT2D eigenvalue weighted by molar-refractivity contribution is 0.0912. The van der Waals surface area contributed by atoms with Gasteiger partial charge in [0.05, 0.1) is 5.56 Å². The molecule has 80 valence electrons. The molecule has 1 aromatic rings. The molecule has 0 spiro atoms. The Labute approximate surface area is 101 Å². The summed E-state index contributed by atoms with van der Waals surface area (Å²) in [7, 11) is 0. The van der Waals surface area contributed by atoms with E-state index in [1.54, 1.807) is 12.1 Å². The van der Waals surface area contributed by atoms with E-state index in [9.17, 15) is 9.18 Å². The molecule has 0 saturated heterocycles. The largest absolute Gasteiger partial charge is 0.349 e. The molecule has 1 aliphatic carbocycles. The summed E-state index contributed by atoms with van der Waals surface area (Å²) in [6, 6.07) is 4.90. The van der Waals surface area contributed by atoms with Gasteiger partial charge in [0.1, 0.15) is 5.82 Å². The third-order valence-corrected chi connectivity index (χ3v) is 3.53. The van der Waals surface area contributed by atoms with Gasteiger partial charge in [-0.3, -0.25) is 4.79 Å². The van der Waals surface area contributed by atoms with Gasteiger partial charge in [0.25, 0.3) is 5.91 Å². The highest BCUT2D eigenvalue weighted by Gasteiger charge is 2.22. The average Bonchev–Trinajstić information content (AvgIpc) is 2.11. The minimum Gasteiger partial charge on any atom is -0.349 e. The maximum atomic E-state index is 13.4. The van der Waals surface area contributed by atoms with Crippen LogP contribution in [0, 0.1) is 9.39 Å². The first kappa shape index (κ1) is 10.9. The quantitative estimate of drug-likeness (QED) is 0.835. The molecule has 2 nitrogen and oxygen atoms in total. The molecular weight excluding hydrogens is 308 g/mol. The van der Waals surface area contributed by atoms with Crippen molar-refractivity contribution < 1.29 is 9.18 Å². The van der Waals surface area contributed by atoms with E-state index in [0.29, 0.717) is 3.57 Å². The third kappa shape index (κ3) is 2.30. The summed E-state index contributed by atoms with van der Waals surface area (Å²) in [5.74, 6) is -0.735. The van der Waals surface area contributed by atoms with Crippen molar-refractivity contribution in [2.24, 2.45) is 0 Å². The van der Waals surface area contributed by atoms with Crippen LogP contribution in [0.4, 0.5) is 4.39 Å². The van der Waals surface area contributed by atoms with Crippen LogP contribution in [0.1, 0.15) is 29.6 Å². The van der Waals surface area contributed by atoms with Crippen LogP contribution in [0.3, 0.4) is 0 Å². The Hall–Kier alpha value is -0.650. The molecule has 1 amide bonds. The van der Waals surface area contributed by atoms with Gasteiger partial charge in [0.15, 0.2) is 0 Å². The molecule has 1 aromatic carbocycles. The molecule has 4 heteroatoms. The molecule has 0 aliphatic heterocycles. The molecule has 0 radical (unpaired) electrons. The van der Waals surface area contributed by atoms with Crippen molar-refractivity contribution in [3.05, 3.63) is 33.1 Å². The Balaban J connectivity index is 2.16. The maximum Gasteiger partial charge on any atom is 0.255 e. The Kier molecular flexibility index (Phi) is 3.23. The van der Waals surface area contributed by atoms with E-state index < -0.39 is 5.82 Å². The predicted octanol–water partition coefficient (Wildman–Crippen LogP) is 2.71. The van der Waals surface area contributed by atoms with Crippen molar-refractivity contribution in [3.63, 3.8) is 0 Å². The zero-order valence-corrected chi connectivity index (χ0v) is 10.3. The highest BCUT2D eigenvalue weighted by Crippen LogP contribution is 2.20. The lowest BCUT2D eigenvalue weighted by Crippen LogP contribution is -2.40. The minimum absolute atomic E-state index is 0.171. The van der Waals surface area contributed by atoms with E-state index in [1.165, 1.54) is 6.07 Å². The summed E-state index contributed by atoms with van der Waals surface area (Å²) < 4.78 is 14.1. The molecule has 1 aliphatic rings. The first-order valence-electron chi connectivity index (χ1n) is 4.93. The Morgan fingerprint density at radius 3 is 2.73 bits per heavy atom. The van der Waals surface area contributed by atoms with Crippen molar-refractivity contribution in [2.45, 2.75) is 25.3 Å². The molecule has 2 rings (SSSR count). The van der Waals surface area contributed by atoms with Crippen LogP contribution in [0.5, 0.6) is 0 Å². The zero-order valence-electron chi connectivity index (χ0n) is 8.09. The number of halogens is 2. The Morgan fingerprint density at radius 2 is 2.20 bits per heavy atom. The Bertz CT molecular complexity index is 370. The summed E-state index contributed by atoms with van der Waals surface area (Å²) in [6.07, 6.45) is 3.17. The molecule has 1 saturated carbocycles. The first-order chi connectivity index (χ1) is 7.18. The van der Waals surface area contributed by atoms with Gasteiger partial charge >= 0.3 is 0 Å². The van der Waals surface area contributed by atoms with Gasteiger partial charge < -0.3 is 5.32 Å². The van der Waals surface area contributed by atoms with E-state index in [4.69, 9.17) is 0 Å². The fraction of sp³-hybridized carbons (Fsp3) is 0.364. The maximum absolute atomic E-state index is 13.4. The lowest BCUT2D eigenvalue weighted by Gasteiger charge is -2.26. The van der Waals surface area contributed by atoms with Crippen molar-refractivity contribution in [1.82, 2.24) is 5.32 Å². The predicted molar refractivity (Wildman–Crippen MR) is 64.2 cm³/mol. The molecule has 0 atom stereocenters. The van der Waals surface area contributed by atoms with Crippen LogP contribution in [0.15, 0.2) is 18.2 Å². The van der Waals surface area contributed by atoms with Gasteiger partial charge in [0.2, 0.25) is 0 Å². The third-order valence-electron chi connectivity index (χ3n) is 2.63. The lowest BCUT2D eigenvalue weighted by atomic mass is 9.93. The minimum atomic E-state index is -0.446. The van der Waals surface area contributed by atoms with E-state index >= 15 is 0 Å². The second-order valence-corrected chi connectivity index (χ2v) is 4.86. The topological polar surface area (TPSA) is 29.1 Å². The van der Waals surface area contributed by atoms with Crippen LogP contribution in [0.25, 0.3) is 0 Å². The summed E-state index contributed by atoms with van der Waals surface area (Å²) in [4.78, 5) is 11.7. The first-order valence-corrected chi connectivity index (χ1v) is 6.01. The van der Waals surface area contributed by atoms with Crippen LogP contribution >= 0.6 is 22.6 Å². The molecule has 1 N–H and O–H groups in total. The van der Waals surface area contributed by atoms with Crippen LogP contribution in [0.2, 0.25) is 0 Å². The fourth-order valence-corrected chi connectivity index (χ4v) is 2.24. The monoisotopic (exact) mass is 319 g/mol. The number of amides is 1. The molecule has 0 bridgehead atoms. The summed E-state index contributed by atoms with van der Waals surface area (Å²) in [6.45, 7) is 0. The highest BCUT2D eigenvalue weighted by atomic mass is 127. The van der Waals surface area contributed by atoms with Gasteiger partial charge in [-0.05, 0) is 54.0 Å². The standard InChI is InChI=1S/C11H11FINO/c12-8-5-2-6-9(13)10(8)11(15)14-7-3-1-4-7/h2,5-7H,1,3-4H2,(H,14,15). The summed E-state index contributed by atoms with van der Waals surface area (Å²) in [5.41, 5.74) is 0.171. The van der Waals surface area contributed by atoms with Crippen molar-refractivity contribution in [2.75, 3.05) is 0 Å². The van der Waals surface area contributed by atoms with E-state index in [-0.39, 0.29) is 17.5 Å². The van der Waals surface area contributed by atoms with Crippen LogP contribution < -0.4 is 5.32 Å². The average molecular weight is 319 g/mol. The SMILES string of the molecule is O=C(NC1CCC1)c1c(F)cccc1I.